The molecule has 0 saturated heterocycles. The van der Waals surface area contributed by atoms with E-state index in [1.807, 2.05) is 27.7 Å². The summed E-state index contributed by atoms with van der Waals surface area (Å²) >= 11 is 0. The van der Waals surface area contributed by atoms with Crippen molar-refractivity contribution in [2.75, 3.05) is 26.0 Å². The average Bonchev–Trinajstić information content (AvgIpc) is 2.16. The first-order valence-electron chi connectivity index (χ1n) is 5.51. The third kappa shape index (κ3) is 6.24. The van der Waals surface area contributed by atoms with Gasteiger partial charge in [0.25, 0.3) is 0 Å². The van der Waals surface area contributed by atoms with Crippen LogP contribution in [0.2, 0.25) is 0 Å². The zero-order valence-electron chi connectivity index (χ0n) is 10.2. The molecular formula is C9H24N2O3Si. The zero-order valence-corrected chi connectivity index (χ0v) is 11.2. The van der Waals surface area contributed by atoms with Crippen molar-refractivity contribution in [2.45, 2.75) is 33.9 Å². The summed E-state index contributed by atoms with van der Waals surface area (Å²) in [7, 11) is -2.55. The Bertz CT molecular complexity index is 141. The van der Waals surface area contributed by atoms with Crippen LogP contribution in [0.3, 0.4) is 0 Å². The van der Waals surface area contributed by atoms with Crippen molar-refractivity contribution in [1.29, 1.82) is 0 Å². The molecule has 0 aromatic carbocycles. The fraction of sp³-hybridized carbons (Fsp3) is 1.00. The molecule has 0 aliphatic rings. The molecule has 92 valence electrons. The van der Waals surface area contributed by atoms with Gasteiger partial charge in [0.2, 0.25) is 0 Å². The molecule has 0 radical (unpaired) electrons. The van der Waals surface area contributed by atoms with E-state index in [2.05, 4.69) is 5.32 Å². The van der Waals surface area contributed by atoms with Crippen LogP contribution in [0.1, 0.15) is 27.7 Å². The fourth-order valence-electron chi connectivity index (χ4n) is 1.22. The van der Waals surface area contributed by atoms with Crippen molar-refractivity contribution in [1.82, 2.24) is 5.32 Å². The minimum absolute atomic E-state index is 0.0850. The highest BCUT2D eigenvalue weighted by Gasteiger charge is 2.40. The molecule has 0 aromatic heterocycles. The maximum Gasteiger partial charge on any atom is 0.515 e. The van der Waals surface area contributed by atoms with E-state index in [0.717, 1.165) is 0 Å². The second-order valence-electron chi connectivity index (χ2n) is 3.15. The summed E-state index contributed by atoms with van der Waals surface area (Å²) in [5.74, 6) is 0. The second-order valence-corrected chi connectivity index (χ2v) is 5.74. The Morgan fingerprint density at radius 2 is 1.47 bits per heavy atom. The van der Waals surface area contributed by atoms with Crippen molar-refractivity contribution >= 4 is 8.80 Å². The van der Waals surface area contributed by atoms with E-state index in [9.17, 15) is 0 Å². The van der Waals surface area contributed by atoms with Crippen LogP contribution in [-0.4, -0.2) is 41.0 Å². The smallest absolute Gasteiger partial charge is 0.373 e. The predicted molar refractivity (Wildman–Crippen MR) is 62.3 cm³/mol. The van der Waals surface area contributed by atoms with Crippen LogP contribution < -0.4 is 11.1 Å². The third-order valence-corrected chi connectivity index (χ3v) is 4.56. The summed E-state index contributed by atoms with van der Waals surface area (Å²) in [4.78, 5) is 0. The lowest BCUT2D eigenvalue weighted by molar-refractivity contribution is 0.0694. The average molecular weight is 236 g/mol. The lowest BCUT2D eigenvalue weighted by Gasteiger charge is -2.29. The summed E-state index contributed by atoms with van der Waals surface area (Å²) in [5, 5.41) is 3.11. The Kier molecular flexibility index (Phi) is 8.21. The second kappa shape index (κ2) is 8.20. The van der Waals surface area contributed by atoms with Crippen molar-refractivity contribution in [3.63, 3.8) is 0 Å². The molecule has 3 N–H and O–H groups in total. The molecule has 0 rings (SSSR count). The van der Waals surface area contributed by atoms with E-state index < -0.39 is 8.80 Å². The molecule has 0 bridgehead atoms. The van der Waals surface area contributed by atoms with E-state index in [1.165, 1.54) is 0 Å². The minimum atomic E-state index is -2.55. The molecule has 5 nitrogen and oxygen atoms in total. The van der Waals surface area contributed by atoms with Gasteiger partial charge >= 0.3 is 8.80 Å². The van der Waals surface area contributed by atoms with Crippen molar-refractivity contribution < 1.29 is 13.3 Å². The fourth-order valence-corrected chi connectivity index (χ4v) is 3.67. The van der Waals surface area contributed by atoms with Gasteiger partial charge < -0.3 is 19.0 Å². The minimum Gasteiger partial charge on any atom is -0.373 e. The molecule has 0 aliphatic carbocycles. The van der Waals surface area contributed by atoms with Crippen LogP contribution >= 0.6 is 0 Å². The largest absolute Gasteiger partial charge is 0.515 e. The monoisotopic (exact) mass is 236 g/mol. The Morgan fingerprint density at radius 3 is 1.73 bits per heavy atom. The first kappa shape index (κ1) is 15.0. The lowest BCUT2D eigenvalue weighted by atomic mass is 10.6. The Labute approximate surface area is 93.6 Å². The standard InChI is InChI=1S/C9H24N2O3Si/c1-5-12-15(13-6-2,14-7-3)8-11-9(4)10/h9,11H,5-8,10H2,1-4H3. The summed E-state index contributed by atoms with van der Waals surface area (Å²) in [6.45, 7) is 9.46. The first-order chi connectivity index (χ1) is 7.10. The van der Waals surface area contributed by atoms with Gasteiger partial charge in [0.15, 0.2) is 0 Å². The maximum absolute atomic E-state index is 5.64. The van der Waals surface area contributed by atoms with E-state index in [4.69, 9.17) is 19.0 Å². The van der Waals surface area contributed by atoms with Crippen LogP contribution in [0, 0.1) is 0 Å². The van der Waals surface area contributed by atoms with Crippen molar-refractivity contribution in [3.05, 3.63) is 0 Å². The van der Waals surface area contributed by atoms with Gasteiger partial charge in [-0.1, -0.05) is 0 Å². The molecule has 0 heterocycles. The van der Waals surface area contributed by atoms with Gasteiger partial charge in [0.05, 0.1) is 12.3 Å². The molecule has 0 spiro atoms. The van der Waals surface area contributed by atoms with Crippen molar-refractivity contribution in [2.24, 2.45) is 5.73 Å². The summed E-state index contributed by atoms with van der Waals surface area (Å²) in [5.41, 5.74) is 5.63. The maximum atomic E-state index is 5.64. The summed E-state index contributed by atoms with van der Waals surface area (Å²) < 4.78 is 16.9. The highest BCUT2D eigenvalue weighted by Crippen LogP contribution is 2.08. The van der Waals surface area contributed by atoms with E-state index in [-0.39, 0.29) is 6.17 Å². The SMILES string of the molecule is CCO[Si](CNC(C)N)(OCC)OCC. The molecular weight excluding hydrogens is 212 g/mol. The highest BCUT2D eigenvalue weighted by atomic mass is 28.4. The molecule has 1 atom stereocenters. The predicted octanol–water partition coefficient (Wildman–Crippen LogP) is 0.468. The third-order valence-electron chi connectivity index (χ3n) is 1.73. The van der Waals surface area contributed by atoms with Gasteiger partial charge in [-0.25, -0.2) is 0 Å². The van der Waals surface area contributed by atoms with E-state index in [0.29, 0.717) is 26.0 Å². The molecule has 0 aliphatic heterocycles. The van der Waals surface area contributed by atoms with Crippen LogP contribution in [-0.2, 0) is 13.3 Å². The number of rotatable bonds is 9. The molecule has 0 amide bonds. The molecule has 1 unspecified atom stereocenters. The zero-order chi connectivity index (χ0) is 11.7. The normalized spacial score (nSPS) is 14.2. The molecule has 0 aromatic rings. The van der Waals surface area contributed by atoms with Crippen molar-refractivity contribution in [3.8, 4) is 0 Å². The molecule has 15 heavy (non-hydrogen) atoms. The van der Waals surface area contributed by atoms with Gasteiger partial charge in [0, 0.05) is 19.8 Å². The quantitative estimate of drug-likeness (QED) is 0.450. The highest BCUT2D eigenvalue weighted by molar-refractivity contribution is 6.60. The Hall–Kier alpha value is 0.0169. The number of hydrogen-bond acceptors (Lipinski definition) is 5. The van der Waals surface area contributed by atoms with Crippen LogP contribution in [0.4, 0.5) is 0 Å². The molecule has 6 heteroatoms. The van der Waals surface area contributed by atoms with Gasteiger partial charge in [-0.3, -0.25) is 5.32 Å². The molecule has 0 saturated carbocycles. The summed E-state index contributed by atoms with van der Waals surface area (Å²) in [6.07, 6.45) is 0.471. The van der Waals surface area contributed by atoms with E-state index in [1.54, 1.807) is 0 Å². The molecule has 0 fully saturated rings. The van der Waals surface area contributed by atoms with Gasteiger partial charge in [0.1, 0.15) is 0 Å². The number of nitrogens with one attached hydrogen (secondary N) is 1. The summed E-state index contributed by atoms with van der Waals surface area (Å²) in [6, 6.07) is 0. The van der Waals surface area contributed by atoms with Gasteiger partial charge in [-0.2, -0.15) is 0 Å². The first-order valence-corrected chi connectivity index (χ1v) is 7.44. The topological polar surface area (TPSA) is 65.7 Å². The Morgan fingerprint density at radius 1 is 1.07 bits per heavy atom. The van der Waals surface area contributed by atoms with Gasteiger partial charge in [-0.15, -0.1) is 0 Å². The van der Waals surface area contributed by atoms with Gasteiger partial charge in [-0.05, 0) is 27.7 Å². The van der Waals surface area contributed by atoms with E-state index >= 15 is 0 Å². The Balaban J connectivity index is 4.31. The lowest BCUT2D eigenvalue weighted by Crippen LogP contribution is -2.56. The van der Waals surface area contributed by atoms with Crippen LogP contribution in [0.15, 0.2) is 0 Å². The van der Waals surface area contributed by atoms with Crippen LogP contribution in [0.5, 0.6) is 0 Å². The number of nitrogens with two attached hydrogens (primary N) is 1. The van der Waals surface area contributed by atoms with Crippen LogP contribution in [0.25, 0.3) is 0 Å². The number of hydrogen-bond donors (Lipinski definition) is 2.